The van der Waals surface area contributed by atoms with Crippen molar-refractivity contribution in [3.63, 3.8) is 0 Å². The summed E-state index contributed by atoms with van der Waals surface area (Å²) in [6.45, 7) is 2.19. The molecule has 0 spiro atoms. The Bertz CT molecular complexity index is 563. The van der Waals surface area contributed by atoms with Crippen molar-refractivity contribution in [1.82, 2.24) is 0 Å². The van der Waals surface area contributed by atoms with Gasteiger partial charge in [-0.05, 0) is 25.3 Å². The molecule has 0 aromatic heterocycles. The number of benzene rings is 1. The van der Waals surface area contributed by atoms with Gasteiger partial charge in [-0.3, -0.25) is 0 Å². The number of hydrogen-bond donors (Lipinski definition) is 0. The minimum Gasteiger partial charge on any atom is -0.461 e. The maximum Gasteiger partial charge on any atom is 0.354 e. The molecule has 1 fully saturated rings. The van der Waals surface area contributed by atoms with Crippen LogP contribution in [0.25, 0.3) is 0 Å². The molecule has 1 heterocycles. The van der Waals surface area contributed by atoms with E-state index < -0.39 is 0 Å². The Balaban J connectivity index is 1.78. The first-order chi connectivity index (χ1) is 9.79. The van der Waals surface area contributed by atoms with Gasteiger partial charge in [0.2, 0.25) is 0 Å². The molecule has 4 nitrogen and oxygen atoms in total. The lowest BCUT2D eigenvalue weighted by atomic mass is 9.67. The van der Waals surface area contributed by atoms with Gasteiger partial charge in [0.25, 0.3) is 0 Å². The molecule has 1 saturated carbocycles. The number of carbonyl (C=O) groups excluding carboxylic acids is 1. The van der Waals surface area contributed by atoms with Gasteiger partial charge in [-0.25, -0.2) is 4.79 Å². The minimum atomic E-state index is -0.301. The van der Waals surface area contributed by atoms with E-state index in [0.29, 0.717) is 18.2 Å². The molecular weight excluding hydrogens is 252 g/mol. The SMILES string of the molecule is CCOC(=O)C1=NN=C(Cc2ccccc2)C2CCC12. The molecule has 0 bridgehead atoms. The van der Waals surface area contributed by atoms with Gasteiger partial charge in [0.1, 0.15) is 0 Å². The van der Waals surface area contributed by atoms with Crippen molar-refractivity contribution in [3.05, 3.63) is 35.9 Å². The maximum atomic E-state index is 11.8. The van der Waals surface area contributed by atoms with Gasteiger partial charge < -0.3 is 4.74 Å². The van der Waals surface area contributed by atoms with Crippen LogP contribution in [-0.2, 0) is 16.0 Å². The molecular formula is C16H18N2O2. The summed E-state index contributed by atoms with van der Waals surface area (Å²) < 4.78 is 5.05. The summed E-state index contributed by atoms with van der Waals surface area (Å²) in [6.07, 6.45) is 2.92. The highest BCUT2D eigenvalue weighted by Crippen LogP contribution is 2.39. The van der Waals surface area contributed by atoms with E-state index in [1.807, 2.05) is 25.1 Å². The van der Waals surface area contributed by atoms with Gasteiger partial charge in [0, 0.05) is 24.0 Å². The van der Waals surface area contributed by atoms with Gasteiger partial charge >= 0.3 is 5.97 Å². The van der Waals surface area contributed by atoms with Gasteiger partial charge in [0.15, 0.2) is 5.71 Å². The van der Waals surface area contributed by atoms with Crippen LogP contribution in [0.4, 0.5) is 0 Å². The number of hydrogen-bond acceptors (Lipinski definition) is 4. The number of esters is 1. The molecule has 2 atom stereocenters. The normalized spacial score (nSPS) is 24.1. The molecule has 2 unspecified atom stereocenters. The number of rotatable bonds is 4. The third kappa shape index (κ3) is 2.38. The molecule has 3 rings (SSSR count). The predicted octanol–water partition coefficient (Wildman–Crippen LogP) is 2.63. The second kappa shape index (κ2) is 5.57. The van der Waals surface area contributed by atoms with Crippen LogP contribution >= 0.6 is 0 Å². The zero-order valence-electron chi connectivity index (χ0n) is 11.6. The quantitative estimate of drug-likeness (QED) is 0.790. The number of nitrogens with zero attached hydrogens (tertiary/aromatic N) is 2. The van der Waals surface area contributed by atoms with Crippen LogP contribution in [0.1, 0.15) is 25.3 Å². The first kappa shape index (κ1) is 13.0. The summed E-state index contributed by atoms with van der Waals surface area (Å²) in [4.78, 5) is 11.8. The summed E-state index contributed by atoms with van der Waals surface area (Å²) in [5.41, 5.74) is 2.85. The maximum absolute atomic E-state index is 11.8. The van der Waals surface area contributed by atoms with E-state index in [9.17, 15) is 4.79 Å². The van der Waals surface area contributed by atoms with Crippen molar-refractivity contribution >= 4 is 17.4 Å². The molecule has 1 aromatic rings. The van der Waals surface area contributed by atoms with E-state index in [0.717, 1.165) is 25.0 Å². The average Bonchev–Trinajstić information content (AvgIpc) is 2.42. The molecule has 0 saturated heterocycles. The van der Waals surface area contributed by atoms with Crippen LogP contribution in [-0.4, -0.2) is 24.0 Å². The summed E-state index contributed by atoms with van der Waals surface area (Å²) in [5, 5.41) is 8.43. The molecule has 0 radical (unpaired) electrons. The fraction of sp³-hybridized carbons (Fsp3) is 0.438. The van der Waals surface area contributed by atoms with Crippen molar-refractivity contribution in [1.29, 1.82) is 0 Å². The molecule has 20 heavy (non-hydrogen) atoms. The van der Waals surface area contributed by atoms with E-state index >= 15 is 0 Å². The van der Waals surface area contributed by atoms with Crippen molar-refractivity contribution in [3.8, 4) is 0 Å². The van der Waals surface area contributed by atoms with E-state index in [1.165, 1.54) is 5.56 Å². The minimum absolute atomic E-state index is 0.213. The van der Waals surface area contributed by atoms with Crippen LogP contribution in [0, 0.1) is 11.8 Å². The molecule has 0 amide bonds. The Morgan fingerprint density at radius 3 is 2.60 bits per heavy atom. The number of carbonyl (C=O) groups is 1. The Morgan fingerprint density at radius 1 is 1.20 bits per heavy atom. The second-order valence-corrected chi connectivity index (χ2v) is 5.25. The van der Waals surface area contributed by atoms with Crippen LogP contribution in [0.3, 0.4) is 0 Å². The Morgan fingerprint density at radius 2 is 1.95 bits per heavy atom. The summed E-state index contributed by atoms with van der Waals surface area (Å²) >= 11 is 0. The predicted molar refractivity (Wildman–Crippen MR) is 77.9 cm³/mol. The molecule has 2 aliphatic rings. The summed E-state index contributed by atoms with van der Waals surface area (Å²) in [5.74, 6) is 0.280. The van der Waals surface area contributed by atoms with Gasteiger partial charge in [-0.2, -0.15) is 5.10 Å². The lowest BCUT2D eigenvalue weighted by molar-refractivity contribution is -0.135. The number of fused-ring (bicyclic) bond motifs is 1. The van der Waals surface area contributed by atoms with Crippen LogP contribution in [0.5, 0.6) is 0 Å². The molecule has 104 valence electrons. The molecule has 1 aliphatic carbocycles. The highest BCUT2D eigenvalue weighted by Gasteiger charge is 2.43. The molecule has 4 heteroatoms. The Labute approximate surface area is 118 Å². The van der Waals surface area contributed by atoms with Crippen LogP contribution in [0.15, 0.2) is 40.5 Å². The zero-order valence-corrected chi connectivity index (χ0v) is 11.6. The monoisotopic (exact) mass is 270 g/mol. The van der Waals surface area contributed by atoms with Gasteiger partial charge in [-0.15, -0.1) is 5.10 Å². The van der Waals surface area contributed by atoms with E-state index in [2.05, 4.69) is 22.3 Å². The zero-order chi connectivity index (χ0) is 13.9. The van der Waals surface area contributed by atoms with Crippen LogP contribution < -0.4 is 0 Å². The first-order valence-electron chi connectivity index (χ1n) is 7.15. The van der Waals surface area contributed by atoms with E-state index in [-0.39, 0.29) is 11.9 Å². The second-order valence-electron chi connectivity index (χ2n) is 5.25. The van der Waals surface area contributed by atoms with Crippen molar-refractivity contribution in [2.75, 3.05) is 6.61 Å². The number of ether oxygens (including phenoxy) is 1. The largest absolute Gasteiger partial charge is 0.461 e. The highest BCUT2D eigenvalue weighted by molar-refractivity contribution is 6.38. The topological polar surface area (TPSA) is 51.0 Å². The third-order valence-corrected chi connectivity index (χ3v) is 4.05. The van der Waals surface area contributed by atoms with Gasteiger partial charge in [0.05, 0.1) is 6.61 Å². The van der Waals surface area contributed by atoms with E-state index in [1.54, 1.807) is 0 Å². The Kier molecular flexibility index (Phi) is 3.63. The van der Waals surface area contributed by atoms with Crippen LogP contribution in [0.2, 0.25) is 0 Å². The molecule has 1 aromatic carbocycles. The van der Waals surface area contributed by atoms with Crippen molar-refractivity contribution < 1.29 is 9.53 Å². The van der Waals surface area contributed by atoms with Gasteiger partial charge in [-0.1, -0.05) is 30.3 Å². The summed E-state index contributed by atoms with van der Waals surface area (Å²) in [7, 11) is 0. The smallest absolute Gasteiger partial charge is 0.354 e. The third-order valence-electron chi connectivity index (χ3n) is 4.05. The lowest BCUT2D eigenvalue weighted by Gasteiger charge is -2.39. The molecule has 1 aliphatic heterocycles. The summed E-state index contributed by atoms with van der Waals surface area (Å²) in [6, 6.07) is 10.3. The fourth-order valence-electron chi connectivity index (χ4n) is 2.86. The average molecular weight is 270 g/mol. The standard InChI is InChI=1S/C16H18N2O2/c1-2-20-16(19)15-13-9-8-12(13)14(17-18-15)10-11-6-4-3-5-7-11/h3-7,12-13H,2,8-10H2,1H3. The highest BCUT2D eigenvalue weighted by atomic mass is 16.5. The van der Waals surface area contributed by atoms with Crippen molar-refractivity contribution in [2.45, 2.75) is 26.2 Å². The molecule has 0 N–H and O–H groups in total. The fourth-order valence-corrected chi connectivity index (χ4v) is 2.86. The first-order valence-corrected chi connectivity index (χ1v) is 7.15. The Hall–Kier alpha value is -1.97. The van der Waals surface area contributed by atoms with Crippen molar-refractivity contribution in [2.24, 2.45) is 22.0 Å². The van der Waals surface area contributed by atoms with E-state index in [4.69, 9.17) is 4.74 Å². The lowest BCUT2D eigenvalue weighted by Crippen LogP contribution is -2.44.